The molecule has 0 spiro atoms. The van der Waals surface area contributed by atoms with Crippen molar-refractivity contribution in [3.8, 4) is 5.75 Å². The van der Waals surface area contributed by atoms with E-state index in [1.807, 2.05) is 7.05 Å². The number of ether oxygens (including phenoxy) is 1. The molecular formula is C11H14ClN5O. The van der Waals surface area contributed by atoms with Crippen LogP contribution in [0, 0.1) is 0 Å². The molecule has 1 atom stereocenters. The average Bonchev–Trinajstić information content (AvgIpc) is 2.74. The highest BCUT2D eigenvalue weighted by Gasteiger charge is 2.22. The van der Waals surface area contributed by atoms with E-state index in [1.54, 1.807) is 36.3 Å². The molecule has 7 heteroatoms. The van der Waals surface area contributed by atoms with Crippen LogP contribution >= 0.6 is 11.6 Å². The normalized spacial score (nSPS) is 12.4. The number of rotatable bonds is 4. The third-order valence-electron chi connectivity index (χ3n) is 2.66. The van der Waals surface area contributed by atoms with Gasteiger partial charge in [-0.2, -0.15) is 5.10 Å². The van der Waals surface area contributed by atoms with Crippen molar-refractivity contribution < 1.29 is 4.74 Å². The lowest BCUT2D eigenvalue weighted by molar-refractivity contribution is 0.400. The molecule has 2 heterocycles. The molecular weight excluding hydrogens is 254 g/mol. The summed E-state index contributed by atoms with van der Waals surface area (Å²) < 4.78 is 6.96. The second-order valence-corrected chi connectivity index (χ2v) is 4.16. The van der Waals surface area contributed by atoms with E-state index in [-0.39, 0.29) is 6.04 Å². The second-order valence-electron chi connectivity index (χ2n) is 3.72. The smallest absolute Gasteiger partial charge is 0.162 e. The number of halogens is 1. The van der Waals surface area contributed by atoms with Crippen LogP contribution in [0.4, 0.5) is 0 Å². The summed E-state index contributed by atoms with van der Waals surface area (Å²) in [5.74, 6) is 6.26. The van der Waals surface area contributed by atoms with Gasteiger partial charge in [-0.25, -0.2) is 5.43 Å². The third kappa shape index (κ3) is 2.31. The van der Waals surface area contributed by atoms with Crippen molar-refractivity contribution in [2.75, 3.05) is 7.11 Å². The summed E-state index contributed by atoms with van der Waals surface area (Å²) in [6.07, 6.45) is 3.21. The van der Waals surface area contributed by atoms with Crippen LogP contribution in [0.2, 0.25) is 5.02 Å². The van der Waals surface area contributed by atoms with Crippen LogP contribution in [-0.4, -0.2) is 21.9 Å². The summed E-state index contributed by atoms with van der Waals surface area (Å²) in [6.45, 7) is 0. The lowest BCUT2D eigenvalue weighted by Gasteiger charge is -2.17. The Morgan fingerprint density at radius 2 is 2.22 bits per heavy atom. The van der Waals surface area contributed by atoms with Crippen LogP contribution in [0.3, 0.4) is 0 Å². The molecule has 0 saturated heterocycles. The molecule has 2 aromatic rings. The number of pyridine rings is 1. The Balaban J connectivity index is 2.44. The molecule has 0 amide bonds. The standard InChI is InChI=1S/C11H14ClN5O/c1-17-11(9(18-2)6-15-17)10(16-13)8-4-3-7(12)5-14-8/h3-6,10,16H,13H2,1-2H3. The molecule has 0 bridgehead atoms. The first-order chi connectivity index (χ1) is 8.67. The lowest BCUT2D eigenvalue weighted by atomic mass is 10.1. The molecule has 2 rings (SSSR count). The highest BCUT2D eigenvalue weighted by Crippen LogP contribution is 2.28. The van der Waals surface area contributed by atoms with Crippen LogP contribution in [0.1, 0.15) is 17.4 Å². The Morgan fingerprint density at radius 3 is 2.78 bits per heavy atom. The van der Waals surface area contributed by atoms with E-state index in [9.17, 15) is 0 Å². The van der Waals surface area contributed by atoms with Gasteiger partial charge in [0.25, 0.3) is 0 Å². The number of nitrogens with zero attached hydrogens (tertiary/aromatic N) is 3. The van der Waals surface area contributed by atoms with Crippen molar-refractivity contribution >= 4 is 11.6 Å². The molecule has 3 N–H and O–H groups in total. The van der Waals surface area contributed by atoms with Crippen molar-refractivity contribution in [3.05, 3.63) is 40.9 Å². The number of nitrogens with two attached hydrogens (primary N) is 1. The number of hydrazine groups is 1. The minimum absolute atomic E-state index is 0.315. The molecule has 1 unspecified atom stereocenters. The van der Waals surface area contributed by atoms with Gasteiger partial charge in [0.2, 0.25) is 0 Å². The Hall–Kier alpha value is -1.63. The van der Waals surface area contributed by atoms with Crippen molar-refractivity contribution in [1.82, 2.24) is 20.2 Å². The fraction of sp³-hybridized carbons (Fsp3) is 0.273. The fourth-order valence-corrected chi connectivity index (χ4v) is 1.89. The van der Waals surface area contributed by atoms with Gasteiger partial charge in [0.05, 0.1) is 24.0 Å². The van der Waals surface area contributed by atoms with Crippen LogP contribution < -0.4 is 16.0 Å². The maximum atomic E-state index is 5.82. The van der Waals surface area contributed by atoms with Crippen molar-refractivity contribution in [3.63, 3.8) is 0 Å². The quantitative estimate of drug-likeness (QED) is 0.639. The van der Waals surface area contributed by atoms with Crippen molar-refractivity contribution in [1.29, 1.82) is 0 Å². The fourth-order valence-electron chi connectivity index (χ4n) is 1.78. The zero-order chi connectivity index (χ0) is 13.1. The Bertz CT molecular complexity index is 525. The van der Waals surface area contributed by atoms with E-state index >= 15 is 0 Å². The molecule has 0 fully saturated rings. The summed E-state index contributed by atoms with van der Waals surface area (Å²) in [5.41, 5.74) is 4.25. The zero-order valence-electron chi connectivity index (χ0n) is 10.1. The summed E-state index contributed by atoms with van der Waals surface area (Å²) in [5, 5.41) is 4.72. The number of nitrogens with one attached hydrogen (secondary N) is 1. The molecule has 0 aliphatic rings. The van der Waals surface area contributed by atoms with E-state index in [4.69, 9.17) is 22.2 Å². The number of methoxy groups -OCH3 is 1. The molecule has 6 nitrogen and oxygen atoms in total. The van der Waals surface area contributed by atoms with Gasteiger partial charge in [-0.1, -0.05) is 11.6 Å². The third-order valence-corrected chi connectivity index (χ3v) is 2.88. The van der Waals surface area contributed by atoms with Crippen molar-refractivity contribution in [2.45, 2.75) is 6.04 Å². The SMILES string of the molecule is COc1cnn(C)c1C(NN)c1ccc(Cl)cn1. The van der Waals surface area contributed by atoms with Crippen LogP contribution in [-0.2, 0) is 7.05 Å². The molecule has 18 heavy (non-hydrogen) atoms. The summed E-state index contributed by atoms with van der Waals surface area (Å²) in [6, 6.07) is 3.25. The maximum Gasteiger partial charge on any atom is 0.162 e. The van der Waals surface area contributed by atoms with E-state index in [2.05, 4.69) is 15.5 Å². The first kappa shape index (κ1) is 12.8. The topological polar surface area (TPSA) is 78.0 Å². The van der Waals surface area contributed by atoms with Gasteiger partial charge in [-0.15, -0.1) is 0 Å². The van der Waals surface area contributed by atoms with Gasteiger partial charge in [0.15, 0.2) is 5.75 Å². The molecule has 2 aromatic heterocycles. The predicted molar refractivity (Wildman–Crippen MR) is 68.2 cm³/mol. The number of aromatic nitrogens is 3. The Labute approximate surface area is 110 Å². The summed E-state index contributed by atoms with van der Waals surface area (Å²) >= 11 is 5.82. The average molecular weight is 268 g/mol. The maximum absolute atomic E-state index is 5.82. The van der Waals surface area contributed by atoms with Gasteiger partial charge in [0.1, 0.15) is 11.7 Å². The zero-order valence-corrected chi connectivity index (χ0v) is 10.8. The van der Waals surface area contributed by atoms with E-state index in [0.29, 0.717) is 10.8 Å². The van der Waals surface area contributed by atoms with E-state index < -0.39 is 0 Å². The minimum atomic E-state index is -0.315. The van der Waals surface area contributed by atoms with Gasteiger partial charge in [-0.3, -0.25) is 15.5 Å². The molecule has 0 aliphatic carbocycles. The largest absolute Gasteiger partial charge is 0.493 e. The predicted octanol–water partition coefficient (Wildman–Crippen LogP) is 1.03. The molecule has 0 aromatic carbocycles. The molecule has 0 saturated carbocycles. The van der Waals surface area contributed by atoms with Crippen LogP contribution in [0.25, 0.3) is 0 Å². The first-order valence-electron chi connectivity index (χ1n) is 5.30. The Kier molecular flexibility index (Phi) is 3.81. The summed E-state index contributed by atoms with van der Waals surface area (Å²) in [7, 11) is 3.40. The van der Waals surface area contributed by atoms with E-state index in [0.717, 1.165) is 11.4 Å². The van der Waals surface area contributed by atoms with Gasteiger partial charge < -0.3 is 4.74 Å². The monoisotopic (exact) mass is 267 g/mol. The van der Waals surface area contributed by atoms with Crippen LogP contribution in [0.5, 0.6) is 5.75 Å². The number of hydrogen-bond donors (Lipinski definition) is 2. The van der Waals surface area contributed by atoms with Gasteiger partial charge in [-0.05, 0) is 12.1 Å². The Morgan fingerprint density at radius 1 is 1.44 bits per heavy atom. The molecule has 0 aliphatic heterocycles. The van der Waals surface area contributed by atoms with Crippen molar-refractivity contribution in [2.24, 2.45) is 12.9 Å². The highest BCUT2D eigenvalue weighted by molar-refractivity contribution is 6.30. The minimum Gasteiger partial charge on any atom is -0.493 e. The summed E-state index contributed by atoms with van der Waals surface area (Å²) in [4.78, 5) is 4.25. The highest BCUT2D eigenvalue weighted by atomic mass is 35.5. The van der Waals surface area contributed by atoms with Gasteiger partial charge in [0, 0.05) is 13.2 Å². The second kappa shape index (κ2) is 5.34. The lowest BCUT2D eigenvalue weighted by Crippen LogP contribution is -2.31. The first-order valence-corrected chi connectivity index (χ1v) is 5.68. The molecule has 0 radical (unpaired) electrons. The molecule has 96 valence electrons. The number of aryl methyl sites for hydroxylation is 1. The van der Waals surface area contributed by atoms with Gasteiger partial charge >= 0.3 is 0 Å². The van der Waals surface area contributed by atoms with E-state index in [1.165, 1.54) is 0 Å². The van der Waals surface area contributed by atoms with Crippen LogP contribution in [0.15, 0.2) is 24.5 Å². The number of hydrogen-bond acceptors (Lipinski definition) is 5.